The lowest BCUT2D eigenvalue weighted by molar-refractivity contribution is -0.126. The Morgan fingerprint density at radius 1 is 1.21 bits per heavy atom. The van der Waals surface area contributed by atoms with E-state index in [0.29, 0.717) is 29.9 Å². The molecule has 1 atom stereocenters. The Balaban J connectivity index is 1.68. The molecule has 1 aromatic heterocycles. The van der Waals surface area contributed by atoms with E-state index in [9.17, 15) is 14.0 Å². The highest BCUT2D eigenvalue weighted by atomic mass is 32.1. The number of carbonyl (C=O) groups is 2. The highest BCUT2D eigenvalue weighted by molar-refractivity contribution is 7.09. The number of urea groups is 1. The van der Waals surface area contributed by atoms with Crippen molar-refractivity contribution >= 4 is 23.3 Å². The Morgan fingerprint density at radius 3 is 2.79 bits per heavy atom. The first-order valence-electron chi connectivity index (χ1n) is 7.50. The number of amides is 3. The van der Waals surface area contributed by atoms with Crippen LogP contribution in [-0.2, 0) is 11.3 Å². The summed E-state index contributed by atoms with van der Waals surface area (Å²) < 4.78 is 14.2. The van der Waals surface area contributed by atoms with Crippen LogP contribution in [0.5, 0.6) is 0 Å². The molecule has 0 saturated heterocycles. The molecule has 0 fully saturated rings. The summed E-state index contributed by atoms with van der Waals surface area (Å²) in [5, 5.41) is 7.30. The van der Waals surface area contributed by atoms with Crippen molar-refractivity contribution in [1.82, 2.24) is 15.5 Å². The molecule has 1 aromatic carbocycles. The van der Waals surface area contributed by atoms with Crippen LogP contribution in [0.2, 0.25) is 0 Å². The van der Waals surface area contributed by atoms with Crippen LogP contribution < -0.4 is 10.6 Å². The van der Waals surface area contributed by atoms with Gasteiger partial charge in [-0.25, -0.2) is 9.18 Å². The fraction of sp³-hybridized carbons (Fsp3) is 0.176. The molecule has 122 valence electrons. The molecule has 2 aromatic rings. The second-order valence-corrected chi connectivity index (χ2v) is 6.72. The van der Waals surface area contributed by atoms with E-state index in [2.05, 4.69) is 10.6 Å². The molecule has 4 rings (SSSR count). The highest BCUT2D eigenvalue weighted by Crippen LogP contribution is 2.34. The molecule has 5 nitrogen and oxygen atoms in total. The van der Waals surface area contributed by atoms with Crippen LogP contribution in [0.1, 0.15) is 16.5 Å². The summed E-state index contributed by atoms with van der Waals surface area (Å²) in [4.78, 5) is 27.5. The molecule has 0 spiro atoms. The Labute approximate surface area is 141 Å². The molecule has 2 aliphatic heterocycles. The van der Waals surface area contributed by atoms with E-state index in [1.54, 1.807) is 34.4 Å². The van der Waals surface area contributed by atoms with Crippen molar-refractivity contribution in [2.45, 2.75) is 12.6 Å². The molecule has 0 saturated carbocycles. The molecule has 3 heterocycles. The van der Waals surface area contributed by atoms with Crippen molar-refractivity contribution in [1.29, 1.82) is 0 Å². The Hall–Kier alpha value is -2.67. The first-order chi connectivity index (χ1) is 11.6. The van der Waals surface area contributed by atoms with E-state index >= 15 is 0 Å². The second-order valence-electron chi connectivity index (χ2n) is 5.69. The maximum Gasteiger partial charge on any atom is 0.319 e. The molecule has 2 N–H and O–H groups in total. The predicted octanol–water partition coefficient (Wildman–Crippen LogP) is 2.54. The maximum atomic E-state index is 14.2. The zero-order chi connectivity index (χ0) is 16.7. The predicted molar refractivity (Wildman–Crippen MR) is 87.6 cm³/mol. The topological polar surface area (TPSA) is 61.4 Å². The fourth-order valence-corrected chi connectivity index (χ4v) is 3.81. The summed E-state index contributed by atoms with van der Waals surface area (Å²) in [6.45, 7) is 0.799. The van der Waals surface area contributed by atoms with Crippen molar-refractivity contribution in [3.63, 3.8) is 0 Å². The molecular formula is C17H14FN3O2S. The van der Waals surface area contributed by atoms with E-state index in [0.717, 1.165) is 4.88 Å². The van der Waals surface area contributed by atoms with Crippen LogP contribution >= 0.6 is 11.3 Å². The molecule has 7 heteroatoms. The van der Waals surface area contributed by atoms with Crippen LogP contribution in [0, 0.1) is 5.82 Å². The second kappa shape index (κ2) is 5.76. The van der Waals surface area contributed by atoms with Gasteiger partial charge in [0.25, 0.3) is 5.91 Å². The average molecular weight is 343 g/mol. The van der Waals surface area contributed by atoms with Gasteiger partial charge in [0.1, 0.15) is 5.82 Å². The van der Waals surface area contributed by atoms with Crippen LogP contribution in [-0.4, -0.2) is 23.4 Å². The van der Waals surface area contributed by atoms with Crippen LogP contribution in [0.4, 0.5) is 9.18 Å². The zero-order valence-electron chi connectivity index (χ0n) is 12.6. The van der Waals surface area contributed by atoms with Gasteiger partial charge < -0.3 is 15.5 Å². The summed E-state index contributed by atoms with van der Waals surface area (Å²) in [6, 6.07) is 8.88. The minimum absolute atomic E-state index is 0.181. The van der Waals surface area contributed by atoms with Gasteiger partial charge in [-0.1, -0.05) is 24.3 Å². The van der Waals surface area contributed by atoms with Gasteiger partial charge in [-0.3, -0.25) is 4.79 Å². The molecule has 2 aliphatic rings. The van der Waals surface area contributed by atoms with Gasteiger partial charge in [0.2, 0.25) is 0 Å². The van der Waals surface area contributed by atoms with E-state index < -0.39 is 17.9 Å². The number of nitrogens with one attached hydrogen (secondary N) is 2. The van der Waals surface area contributed by atoms with E-state index in [1.807, 2.05) is 17.5 Å². The lowest BCUT2D eigenvalue weighted by Gasteiger charge is -2.25. The van der Waals surface area contributed by atoms with Gasteiger partial charge in [-0.15, -0.1) is 11.3 Å². The van der Waals surface area contributed by atoms with Crippen molar-refractivity contribution in [3.05, 3.63) is 69.3 Å². The Kier molecular flexibility index (Phi) is 3.57. The van der Waals surface area contributed by atoms with Crippen LogP contribution in [0.3, 0.4) is 0 Å². The minimum atomic E-state index is -0.768. The molecule has 0 aliphatic carbocycles. The van der Waals surface area contributed by atoms with Crippen LogP contribution in [0.15, 0.2) is 53.0 Å². The molecule has 3 amide bonds. The molecule has 0 bridgehead atoms. The van der Waals surface area contributed by atoms with Crippen LogP contribution in [0.25, 0.3) is 0 Å². The van der Waals surface area contributed by atoms with E-state index in [-0.39, 0.29) is 5.91 Å². The number of carbonyl (C=O) groups excluding carboxylic acids is 2. The quantitative estimate of drug-likeness (QED) is 0.900. The molecule has 24 heavy (non-hydrogen) atoms. The van der Waals surface area contributed by atoms with Gasteiger partial charge in [0, 0.05) is 10.4 Å². The smallest absolute Gasteiger partial charge is 0.319 e. The Bertz CT molecular complexity index is 847. The molecule has 0 radical (unpaired) electrons. The number of benzene rings is 1. The monoisotopic (exact) mass is 343 g/mol. The lowest BCUT2D eigenvalue weighted by Crippen LogP contribution is -2.44. The summed E-state index contributed by atoms with van der Waals surface area (Å²) in [5.41, 5.74) is 1.26. The number of hydrogen-bond donors (Lipinski definition) is 2. The van der Waals surface area contributed by atoms with Gasteiger partial charge in [0.15, 0.2) is 0 Å². The molecule has 1 unspecified atom stereocenters. The van der Waals surface area contributed by atoms with Crippen molar-refractivity contribution in [2.24, 2.45) is 0 Å². The van der Waals surface area contributed by atoms with Gasteiger partial charge in [-0.2, -0.15) is 0 Å². The minimum Gasteiger partial charge on any atom is -0.328 e. The fourth-order valence-electron chi connectivity index (χ4n) is 3.09. The number of rotatable bonds is 3. The van der Waals surface area contributed by atoms with Gasteiger partial charge in [0.05, 0.1) is 30.4 Å². The summed E-state index contributed by atoms with van der Waals surface area (Å²) in [6.07, 6.45) is 0. The molecular weight excluding hydrogens is 329 g/mol. The maximum absolute atomic E-state index is 14.2. The summed E-state index contributed by atoms with van der Waals surface area (Å²) in [5.74, 6) is -0.625. The standard InChI is InChI=1S/C17H14FN3O2S/c18-12-6-2-1-5-11(12)15-14-13(19-17(23)20-15)9-21(16(14)22)8-10-4-3-7-24-10/h1-7,15H,8-9H2,(H2,19,20,23). The van der Waals surface area contributed by atoms with Crippen molar-refractivity contribution in [2.75, 3.05) is 6.54 Å². The van der Waals surface area contributed by atoms with Gasteiger partial charge >= 0.3 is 6.03 Å². The number of thiophene rings is 1. The normalized spacial score (nSPS) is 20.0. The van der Waals surface area contributed by atoms with Crippen molar-refractivity contribution < 1.29 is 14.0 Å². The van der Waals surface area contributed by atoms with Gasteiger partial charge in [-0.05, 0) is 17.5 Å². The first-order valence-corrected chi connectivity index (χ1v) is 8.38. The lowest BCUT2D eigenvalue weighted by atomic mass is 9.96. The largest absolute Gasteiger partial charge is 0.328 e. The number of nitrogens with zero attached hydrogens (tertiary/aromatic N) is 1. The summed E-state index contributed by atoms with van der Waals surface area (Å²) in [7, 11) is 0. The average Bonchev–Trinajstić information content (AvgIpc) is 3.16. The SMILES string of the molecule is O=C1NC2=C(C(=O)N(Cc3cccs3)C2)C(c2ccccc2F)N1. The first kappa shape index (κ1) is 14.9. The van der Waals surface area contributed by atoms with Crippen molar-refractivity contribution in [3.8, 4) is 0 Å². The number of hydrogen-bond acceptors (Lipinski definition) is 3. The third kappa shape index (κ3) is 2.46. The third-order valence-electron chi connectivity index (χ3n) is 4.16. The summed E-state index contributed by atoms with van der Waals surface area (Å²) >= 11 is 1.57. The number of halogens is 1. The Morgan fingerprint density at radius 2 is 2.04 bits per heavy atom. The highest BCUT2D eigenvalue weighted by Gasteiger charge is 2.41. The zero-order valence-corrected chi connectivity index (χ0v) is 13.4. The van der Waals surface area contributed by atoms with E-state index in [1.165, 1.54) is 6.07 Å². The third-order valence-corrected chi connectivity index (χ3v) is 5.02. The van der Waals surface area contributed by atoms with E-state index in [4.69, 9.17) is 0 Å².